The van der Waals surface area contributed by atoms with Gasteiger partial charge in [-0.1, -0.05) is 24.3 Å². The van der Waals surface area contributed by atoms with Crippen molar-refractivity contribution in [3.63, 3.8) is 0 Å². The fourth-order valence-corrected chi connectivity index (χ4v) is 3.38. The first-order valence-corrected chi connectivity index (χ1v) is 8.20. The third kappa shape index (κ3) is 3.09. The second kappa shape index (κ2) is 5.74. The summed E-state index contributed by atoms with van der Waals surface area (Å²) in [7, 11) is 0. The minimum atomic E-state index is 0.686. The fraction of sp³-hybridized carbons (Fsp3) is 0.500. The Bertz CT molecular complexity index is 615. The van der Waals surface area contributed by atoms with Gasteiger partial charge in [-0.05, 0) is 44.4 Å². The number of nitrogens with one attached hydrogen (secondary N) is 1. The molecule has 2 aromatic rings. The van der Waals surface area contributed by atoms with Crippen LogP contribution >= 0.6 is 0 Å². The molecule has 0 amide bonds. The van der Waals surface area contributed by atoms with E-state index in [0.717, 1.165) is 18.1 Å². The van der Waals surface area contributed by atoms with Crippen molar-refractivity contribution in [1.82, 2.24) is 15.2 Å². The summed E-state index contributed by atoms with van der Waals surface area (Å²) in [5.74, 6) is 0. The number of rotatable bonds is 5. The van der Waals surface area contributed by atoms with Gasteiger partial charge < -0.3 is 5.32 Å². The molecule has 1 atom stereocenters. The second-order valence-electron chi connectivity index (χ2n) is 6.45. The smallest absolute Gasteiger partial charge is 0.0705 e. The summed E-state index contributed by atoms with van der Waals surface area (Å²) >= 11 is 0. The van der Waals surface area contributed by atoms with Crippen LogP contribution in [-0.4, -0.2) is 35.1 Å². The zero-order chi connectivity index (χ0) is 14.1. The highest BCUT2D eigenvalue weighted by atomic mass is 15.2. The van der Waals surface area contributed by atoms with Crippen LogP contribution in [0.5, 0.6) is 0 Å². The van der Waals surface area contributed by atoms with E-state index in [1.54, 1.807) is 0 Å². The molecule has 2 heterocycles. The van der Waals surface area contributed by atoms with Crippen LogP contribution in [0, 0.1) is 0 Å². The summed E-state index contributed by atoms with van der Waals surface area (Å²) in [6.07, 6.45) is 5.38. The molecule has 1 saturated heterocycles. The average Bonchev–Trinajstić information content (AvgIpc) is 3.24. The van der Waals surface area contributed by atoms with E-state index in [-0.39, 0.29) is 0 Å². The molecule has 1 aromatic carbocycles. The summed E-state index contributed by atoms with van der Waals surface area (Å²) in [6, 6.07) is 14.3. The first kappa shape index (κ1) is 13.2. The maximum Gasteiger partial charge on any atom is 0.0705 e. The molecule has 0 radical (unpaired) electrons. The number of hydrogen-bond acceptors (Lipinski definition) is 3. The number of hydrogen-bond donors (Lipinski definition) is 1. The van der Waals surface area contributed by atoms with E-state index in [0.29, 0.717) is 6.04 Å². The number of fused-ring (bicyclic) bond motifs is 1. The average molecular weight is 281 g/mol. The molecule has 3 nitrogen and oxygen atoms in total. The van der Waals surface area contributed by atoms with Gasteiger partial charge in [-0.25, -0.2) is 0 Å². The molecule has 1 aliphatic heterocycles. The van der Waals surface area contributed by atoms with Crippen molar-refractivity contribution in [2.24, 2.45) is 0 Å². The van der Waals surface area contributed by atoms with Gasteiger partial charge in [0.05, 0.1) is 11.2 Å². The molecule has 2 aliphatic rings. The second-order valence-corrected chi connectivity index (χ2v) is 6.45. The Morgan fingerprint density at radius 1 is 1.10 bits per heavy atom. The zero-order valence-corrected chi connectivity index (χ0v) is 12.5. The Hall–Kier alpha value is -1.45. The van der Waals surface area contributed by atoms with Crippen LogP contribution in [0.15, 0.2) is 36.4 Å². The minimum Gasteiger partial charge on any atom is -0.313 e. The summed E-state index contributed by atoms with van der Waals surface area (Å²) in [4.78, 5) is 7.48. The van der Waals surface area contributed by atoms with Gasteiger partial charge in [-0.3, -0.25) is 9.88 Å². The van der Waals surface area contributed by atoms with Gasteiger partial charge in [-0.2, -0.15) is 0 Å². The van der Waals surface area contributed by atoms with Crippen molar-refractivity contribution >= 4 is 10.9 Å². The van der Waals surface area contributed by atoms with Gasteiger partial charge in [0, 0.05) is 30.6 Å². The lowest BCUT2D eigenvalue weighted by molar-refractivity contribution is 0.229. The monoisotopic (exact) mass is 281 g/mol. The number of aromatic nitrogens is 1. The Morgan fingerprint density at radius 3 is 2.81 bits per heavy atom. The molecule has 21 heavy (non-hydrogen) atoms. The number of nitrogens with zero attached hydrogens (tertiary/aromatic N) is 2. The quantitative estimate of drug-likeness (QED) is 0.913. The third-order valence-electron chi connectivity index (χ3n) is 4.70. The number of benzene rings is 1. The van der Waals surface area contributed by atoms with E-state index < -0.39 is 0 Å². The van der Waals surface area contributed by atoms with Gasteiger partial charge in [0.25, 0.3) is 0 Å². The molecule has 1 N–H and O–H groups in total. The molecule has 4 rings (SSSR count). The molecular weight excluding hydrogens is 258 g/mol. The SMILES string of the molecule is c1ccc2nc(CN(CC3CCCN3)C3CC3)ccc2c1. The lowest BCUT2D eigenvalue weighted by atomic mass is 10.2. The van der Waals surface area contributed by atoms with E-state index in [1.807, 2.05) is 0 Å². The first-order valence-electron chi connectivity index (χ1n) is 8.20. The zero-order valence-electron chi connectivity index (χ0n) is 12.5. The fourth-order valence-electron chi connectivity index (χ4n) is 3.38. The highest BCUT2D eigenvalue weighted by molar-refractivity contribution is 5.78. The maximum atomic E-state index is 4.84. The summed E-state index contributed by atoms with van der Waals surface area (Å²) in [6.45, 7) is 3.37. The largest absolute Gasteiger partial charge is 0.313 e. The van der Waals surface area contributed by atoms with Crippen LogP contribution < -0.4 is 5.32 Å². The van der Waals surface area contributed by atoms with Gasteiger partial charge in [-0.15, -0.1) is 0 Å². The molecular formula is C18H23N3. The van der Waals surface area contributed by atoms with E-state index in [1.165, 1.54) is 49.9 Å². The van der Waals surface area contributed by atoms with Crippen LogP contribution in [0.4, 0.5) is 0 Å². The van der Waals surface area contributed by atoms with Crippen molar-refractivity contribution in [2.75, 3.05) is 13.1 Å². The molecule has 110 valence electrons. The van der Waals surface area contributed by atoms with Gasteiger partial charge in [0.15, 0.2) is 0 Å². The molecule has 0 bridgehead atoms. The lowest BCUT2D eigenvalue weighted by Gasteiger charge is -2.25. The van der Waals surface area contributed by atoms with E-state index in [4.69, 9.17) is 4.98 Å². The summed E-state index contributed by atoms with van der Waals surface area (Å²) in [5.41, 5.74) is 2.32. The summed E-state index contributed by atoms with van der Waals surface area (Å²) in [5, 5.41) is 4.86. The van der Waals surface area contributed by atoms with Crippen LogP contribution in [0.1, 0.15) is 31.4 Å². The minimum absolute atomic E-state index is 0.686. The molecule has 1 unspecified atom stereocenters. The van der Waals surface area contributed by atoms with Crippen LogP contribution in [0.2, 0.25) is 0 Å². The highest BCUT2D eigenvalue weighted by Gasteiger charge is 2.31. The number of para-hydroxylation sites is 1. The molecule has 3 heteroatoms. The Labute approximate surface area is 126 Å². The van der Waals surface area contributed by atoms with Crippen molar-refractivity contribution in [3.05, 3.63) is 42.1 Å². The van der Waals surface area contributed by atoms with E-state index in [9.17, 15) is 0 Å². The van der Waals surface area contributed by atoms with E-state index >= 15 is 0 Å². The lowest BCUT2D eigenvalue weighted by Crippen LogP contribution is -2.38. The predicted octanol–water partition coefficient (Wildman–Crippen LogP) is 2.95. The Kier molecular flexibility index (Phi) is 3.62. The normalized spacial score (nSPS) is 22.2. The molecule has 2 fully saturated rings. The summed E-state index contributed by atoms with van der Waals surface area (Å²) < 4.78 is 0. The Balaban J connectivity index is 1.50. The first-order chi connectivity index (χ1) is 10.4. The van der Waals surface area contributed by atoms with Gasteiger partial charge in [0.2, 0.25) is 0 Å². The molecule has 1 saturated carbocycles. The third-order valence-corrected chi connectivity index (χ3v) is 4.70. The van der Waals surface area contributed by atoms with E-state index in [2.05, 4.69) is 46.6 Å². The van der Waals surface area contributed by atoms with Crippen molar-refractivity contribution < 1.29 is 0 Å². The predicted molar refractivity (Wildman–Crippen MR) is 86.2 cm³/mol. The van der Waals surface area contributed by atoms with Crippen LogP contribution in [-0.2, 0) is 6.54 Å². The standard InChI is InChI=1S/C18H23N3/c1-2-6-18-14(4-1)7-8-16(20-18)13-21(17-9-10-17)12-15-5-3-11-19-15/h1-2,4,6-8,15,17,19H,3,5,9-13H2. The van der Waals surface area contributed by atoms with Crippen molar-refractivity contribution in [2.45, 2.75) is 44.3 Å². The Morgan fingerprint density at radius 2 is 2.00 bits per heavy atom. The topological polar surface area (TPSA) is 28.2 Å². The van der Waals surface area contributed by atoms with Crippen LogP contribution in [0.25, 0.3) is 10.9 Å². The maximum absolute atomic E-state index is 4.84. The number of pyridine rings is 1. The van der Waals surface area contributed by atoms with Crippen molar-refractivity contribution in [1.29, 1.82) is 0 Å². The highest BCUT2D eigenvalue weighted by Crippen LogP contribution is 2.29. The molecule has 0 spiro atoms. The molecule has 1 aromatic heterocycles. The molecule has 1 aliphatic carbocycles. The van der Waals surface area contributed by atoms with Gasteiger partial charge in [0.1, 0.15) is 0 Å². The van der Waals surface area contributed by atoms with Crippen LogP contribution in [0.3, 0.4) is 0 Å². The van der Waals surface area contributed by atoms with Crippen molar-refractivity contribution in [3.8, 4) is 0 Å². The van der Waals surface area contributed by atoms with Gasteiger partial charge >= 0.3 is 0 Å².